The van der Waals surface area contributed by atoms with Crippen molar-refractivity contribution in [3.8, 4) is 22.5 Å². The molecule has 2 aliphatic rings. The van der Waals surface area contributed by atoms with Crippen molar-refractivity contribution in [2.75, 3.05) is 24.6 Å². The van der Waals surface area contributed by atoms with Gasteiger partial charge in [-0.3, -0.25) is 9.88 Å². The van der Waals surface area contributed by atoms with Crippen molar-refractivity contribution in [2.24, 2.45) is 0 Å². The van der Waals surface area contributed by atoms with Crippen LogP contribution < -0.4 is 0 Å². The van der Waals surface area contributed by atoms with Gasteiger partial charge in [0, 0.05) is 54.0 Å². The van der Waals surface area contributed by atoms with Gasteiger partial charge in [-0.25, -0.2) is 9.97 Å². The standard InChI is InChI=1S/C24H26N4S/c1-2-5-18(6-3-1)22-15-26-24(19-8-11-25-12-9-19)27-23(22)20-7-4-13-28(16-20)21-10-14-29-17-21/h1-3,5-6,8-9,11-12,15,20-21H,4,7,10,13-14,16-17H2/t20-,21-/m1/s1. The first-order valence-electron chi connectivity index (χ1n) is 10.5. The van der Waals surface area contributed by atoms with E-state index in [1.54, 1.807) is 0 Å². The fourth-order valence-electron chi connectivity index (χ4n) is 4.56. The molecule has 3 aromatic rings. The minimum atomic E-state index is 0.452. The predicted octanol–water partition coefficient (Wildman–Crippen LogP) is 4.89. The first-order chi connectivity index (χ1) is 14.4. The zero-order valence-corrected chi connectivity index (χ0v) is 17.4. The third-order valence-corrected chi connectivity index (χ3v) is 7.25. The number of nitrogens with zero attached hydrogens (tertiary/aromatic N) is 4. The summed E-state index contributed by atoms with van der Waals surface area (Å²) in [4.78, 5) is 16.7. The third-order valence-electron chi connectivity index (χ3n) is 6.10. The van der Waals surface area contributed by atoms with Gasteiger partial charge in [-0.05, 0) is 49.3 Å². The number of hydrogen-bond acceptors (Lipinski definition) is 5. The second-order valence-electron chi connectivity index (χ2n) is 7.95. The number of pyridine rings is 1. The van der Waals surface area contributed by atoms with Crippen LogP contribution >= 0.6 is 11.8 Å². The predicted molar refractivity (Wildman–Crippen MR) is 120 cm³/mol. The van der Waals surface area contributed by atoms with E-state index in [0.29, 0.717) is 5.92 Å². The highest BCUT2D eigenvalue weighted by Gasteiger charge is 2.31. The molecule has 1 aromatic carbocycles. The lowest BCUT2D eigenvalue weighted by Gasteiger charge is -2.37. The van der Waals surface area contributed by atoms with Crippen molar-refractivity contribution >= 4 is 11.8 Å². The Hall–Kier alpha value is -2.24. The average molecular weight is 403 g/mol. The largest absolute Gasteiger partial charge is 0.299 e. The Balaban J connectivity index is 1.53. The summed E-state index contributed by atoms with van der Waals surface area (Å²) in [5.74, 6) is 3.84. The van der Waals surface area contributed by atoms with E-state index in [9.17, 15) is 0 Å². The van der Waals surface area contributed by atoms with Crippen LogP contribution in [0, 0.1) is 0 Å². The maximum absolute atomic E-state index is 5.13. The minimum absolute atomic E-state index is 0.452. The summed E-state index contributed by atoms with van der Waals surface area (Å²) in [5.41, 5.74) is 4.61. The smallest absolute Gasteiger partial charge is 0.159 e. The van der Waals surface area contributed by atoms with Gasteiger partial charge >= 0.3 is 0 Å². The molecule has 29 heavy (non-hydrogen) atoms. The average Bonchev–Trinajstić information content (AvgIpc) is 3.35. The SMILES string of the molecule is c1ccc(-c2cnc(-c3ccncc3)nc2[C@@H]2CCCN([C@@H]3CCSC3)C2)cc1. The van der Waals surface area contributed by atoms with Crippen LogP contribution in [0.2, 0.25) is 0 Å². The molecule has 2 atom stereocenters. The molecular formula is C24H26N4S. The summed E-state index contributed by atoms with van der Waals surface area (Å²) >= 11 is 2.10. The summed E-state index contributed by atoms with van der Waals surface area (Å²) in [6, 6.07) is 15.3. The summed E-state index contributed by atoms with van der Waals surface area (Å²) < 4.78 is 0. The van der Waals surface area contributed by atoms with E-state index in [1.165, 1.54) is 54.1 Å². The number of piperidine rings is 1. The fourth-order valence-corrected chi connectivity index (χ4v) is 5.81. The molecule has 0 saturated carbocycles. The quantitative estimate of drug-likeness (QED) is 0.621. The molecule has 0 aliphatic carbocycles. The Labute approximate surface area is 176 Å². The molecule has 0 amide bonds. The monoisotopic (exact) mass is 402 g/mol. The Kier molecular flexibility index (Phi) is 5.59. The lowest BCUT2D eigenvalue weighted by Crippen LogP contribution is -2.42. The van der Waals surface area contributed by atoms with Crippen LogP contribution in [0.3, 0.4) is 0 Å². The fraction of sp³-hybridized carbons (Fsp3) is 0.375. The Morgan fingerprint density at radius 1 is 0.966 bits per heavy atom. The van der Waals surface area contributed by atoms with Gasteiger partial charge in [0.25, 0.3) is 0 Å². The summed E-state index contributed by atoms with van der Waals surface area (Å²) in [6.07, 6.45) is 9.41. The maximum Gasteiger partial charge on any atom is 0.159 e. The van der Waals surface area contributed by atoms with Gasteiger partial charge in [0.05, 0.1) is 5.69 Å². The van der Waals surface area contributed by atoms with Crippen molar-refractivity contribution in [1.82, 2.24) is 19.9 Å². The van der Waals surface area contributed by atoms with Gasteiger partial charge in [-0.15, -0.1) is 0 Å². The molecule has 0 radical (unpaired) electrons. The highest BCUT2D eigenvalue weighted by atomic mass is 32.2. The van der Waals surface area contributed by atoms with Crippen LogP contribution in [-0.4, -0.2) is 50.5 Å². The zero-order chi connectivity index (χ0) is 19.5. The van der Waals surface area contributed by atoms with Crippen LogP contribution in [-0.2, 0) is 0 Å². The number of likely N-dealkylation sites (tertiary alicyclic amines) is 1. The number of benzene rings is 1. The highest BCUT2D eigenvalue weighted by molar-refractivity contribution is 7.99. The van der Waals surface area contributed by atoms with Crippen molar-refractivity contribution in [3.63, 3.8) is 0 Å². The molecule has 2 aliphatic heterocycles. The molecule has 0 bridgehead atoms. The Morgan fingerprint density at radius 2 is 1.83 bits per heavy atom. The second-order valence-corrected chi connectivity index (χ2v) is 9.10. The van der Waals surface area contributed by atoms with Gasteiger partial charge in [-0.2, -0.15) is 11.8 Å². The summed E-state index contributed by atoms with van der Waals surface area (Å²) in [7, 11) is 0. The molecule has 2 aromatic heterocycles. The van der Waals surface area contributed by atoms with Crippen LogP contribution in [0.5, 0.6) is 0 Å². The number of thioether (sulfide) groups is 1. The summed E-state index contributed by atoms with van der Waals surface area (Å²) in [5, 5.41) is 0. The Morgan fingerprint density at radius 3 is 2.62 bits per heavy atom. The molecule has 2 fully saturated rings. The molecule has 4 heterocycles. The molecule has 148 valence electrons. The molecule has 0 unspecified atom stereocenters. The van der Waals surface area contributed by atoms with E-state index in [0.717, 1.165) is 24.0 Å². The van der Waals surface area contributed by atoms with Gasteiger partial charge in [0.2, 0.25) is 0 Å². The third kappa shape index (κ3) is 4.07. The normalized spacial score (nSPS) is 22.6. The van der Waals surface area contributed by atoms with E-state index in [1.807, 2.05) is 30.7 Å². The van der Waals surface area contributed by atoms with Crippen LogP contribution in [0.15, 0.2) is 61.1 Å². The van der Waals surface area contributed by atoms with Gasteiger partial charge in [0.1, 0.15) is 0 Å². The van der Waals surface area contributed by atoms with E-state index >= 15 is 0 Å². The topological polar surface area (TPSA) is 41.9 Å². The van der Waals surface area contributed by atoms with Crippen molar-refractivity contribution in [1.29, 1.82) is 0 Å². The second kappa shape index (κ2) is 8.64. The molecule has 5 heteroatoms. The van der Waals surface area contributed by atoms with Crippen LogP contribution in [0.25, 0.3) is 22.5 Å². The molecule has 5 rings (SSSR count). The molecule has 4 nitrogen and oxygen atoms in total. The van der Waals surface area contributed by atoms with E-state index in [2.05, 4.69) is 52.0 Å². The molecule has 2 saturated heterocycles. The Bertz CT molecular complexity index is 942. The van der Waals surface area contributed by atoms with Crippen molar-refractivity contribution < 1.29 is 0 Å². The van der Waals surface area contributed by atoms with Gasteiger partial charge in [0.15, 0.2) is 5.82 Å². The van der Waals surface area contributed by atoms with Crippen molar-refractivity contribution in [3.05, 3.63) is 66.7 Å². The molecule has 0 N–H and O–H groups in total. The number of aromatic nitrogens is 3. The van der Waals surface area contributed by atoms with Gasteiger partial charge < -0.3 is 0 Å². The lowest BCUT2D eigenvalue weighted by atomic mass is 9.89. The highest BCUT2D eigenvalue weighted by Crippen LogP contribution is 2.36. The van der Waals surface area contributed by atoms with Crippen LogP contribution in [0.1, 0.15) is 30.9 Å². The number of rotatable bonds is 4. The molecule has 0 spiro atoms. The minimum Gasteiger partial charge on any atom is -0.299 e. The van der Waals surface area contributed by atoms with Gasteiger partial charge in [-0.1, -0.05) is 30.3 Å². The number of hydrogen-bond donors (Lipinski definition) is 0. The zero-order valence-electron chi connectivity index (χ0n) is 16.6. The van der Waals surface area contributed by atoms with E-state index in [-0.39, 0.29) is 0 Å². The van der Waals surface area contributed by atoms with E-state index < -0.39 is 0 Å². The van der Waals surface area contributed by atoms with Crippen molar-refractivity contribution in [2.45, 2.75) is 31.2 Å². The first kappa shape index (κ1) is 18.8. The lowest BCUT2D eigenvalue weighted by molar-refractivity contribution is 0.160. The van der Waals surface area contributed by atoms with Crippen LogP contribution in [0.4, 0.5) is 0 Å². The summed E-state index contributed by atoms with van der Waals surface area (Å²) in [6.45, 7) is 2.34. The first-order valence-corrected chi connectivity index (χ1v) is 11.7. The molecular weight excluding hydrogens is 376 g/mol. The maximum atomic E-state index is 5.13. The van der Waals surface area contributed by atoms with E-state index in [4.69, 9.17) is 9.97 Å².